The molecule has 1 atom stereocenters. The molecule has 0 bridgehead atoms. The first-order valence-corrected chi connectivity index (χ1v) is 11.9. The Morgan fingerprint density at radius 3 is 2.55 bits per heavy atom. The van der Waals surface area contributed by atoms with Crippen LogP contribution in [0.15, 0.2) is 91.0 Å². The quantitative estimate of drug-likeness (QED) is 0.184. The van der Waals surface area contributed by atoms with Crippen LogP contribution in [0.5, 0.6) is 17.2 Å². The number of phenols is 1. The minimum atomic E-state index is -0.764. The molecule has 4 aromatic carbocycles. The van der Waals surface area contributed by atoms with E-state index in [1.165, 1.54) is 6.08 Å². The monoisotopic (exact) mass is 511 g/mol. The van der Waals surface area contributed by atoms with Gasteiger partial charge >= 0.3 is 6.09 Å². The minimum Gasteiger partial charge on any atom is -0.507 e. The Morgan fingerprint density at radius 2 is 1.71 bits per heavy atom. The molecule has 0 saturated heterocycles. The van der Waals surface area contributed by atoms with Gasteiger partial charge in [0.15, 0.2) is 11.5 Å². The summed E-state index contributed by atoms with van der Waals surface area (Å²) in [5.41, 5.74) is 8.00. The standard InChI is InChI=1S/C29H25N3O6/c30-22-8-3-4-9-23(22)32-28(34)11-5-10-25(21-13-14-24(33)20-7-2-1-6-19(20)21)38-29(35)31-18-12-15-26-27(16-18)37-17-36-26/h1-9,11-16,25,33H,10,17,30H2,(H,31,35)(H,32,34)/b11-5+/t25-/m1/s1. The van der Waals surface area contributed by atoms with Gasteiger partial charge in [0.1, 0.15) is 11.9 Å². The predicted molar refractivity (Wildman–Crippen MR) is 144 cm³/mol. The van der Waals surface area contributed by atoms with Crippen LogP contribution in [0.1, 0.15) is 18.1 Å². The van der Waals surface area contributed by atoms with Gasteiger partial charge in [0, 0.05) is 29.1 Å². The molecule has 9 nitrogen and oxygen atoms in total. The summed E-state index contributed by atoms with van der Waals surface area (Å²) in [5.74, 6) is 0.861. The molecule has 1 aliphatic rings. The summed E-state index contributed by atoms with van der Waals surface area (Å²) in [5, 5.41) is 17.1. The molecule has 0 unspecified atom stereocenters. The van der Waals surface area contributed by atoms with Crippen molar-refractivity contribution in [2.24, 2.45) is 0 Å². The molecule has 192 valence electrons. The number of phenolic OH excluding ortho intramolecular Hbond substituents is 1. The van der Waals surface area contributed by atoms with Gasteiger partial charge < -0.3 is 30.4 Å². The van der Waals surface area contributed by atoms with Crippen LogP contribution in [0.3, 0.4) is 0 Å². The molecular formula is C29H25N3O6. The molecule has 5 N–H and O–H groups in total. The van der Waals surface area contributed by atoms with Crippen LogP contribution in [-0.4, -0.2) is 23.9 Å². The molecule has 2 amide bonds. The zero-order valence-electron chi connectivity index (χ0n) is 20.2. The van der Waals surface area contributed by atoms with Crippen molar-refractivity contribution in [2.45, 2.75) is 12.5 Å². The molecule has 0 radical (unpaired) electrons. The van der Waals surface area contributed by atoms with Crippen LogP contribution in [0.4, 0.5) is 21.9 Å². The molecule has 4 aromatic rings. The van der Waals surface area contributed by atoms with E-state index in [9.17, 15) is 14.7 Å². The SMILES string of the molecule is Nc1ccccc1NC(=O)/C=C/C[C@@H](OC(=O)Nc1ccc2c(c1)OCO2)c1ccc(O)c2ccccc12. The average molecular weight is 512 g/mol. The second-order valence-electron chi connectivity index (χ2n) is 8.52. The first kappa shape index (κ1) is 24.5. The van der Waals surface area contributed by atoms with Crippen molar-refractivity contribution in [1.82, 2.24) is 0 Å². The molecule has 1 aliphatic heterocycles. The van der Waals surface area contributed by atoms with Crippen molar-refractivity contribution in [3.05, 3.63) is 96.6 Å². The number of nitrogen functional groups attached to an aromatic ring is 1. The Morgan fingerprint density at radius 1 is 0.947 bits per heavy atom. The minimum absolute atomic E-state index is 0.114. The first-order chi connectivity index (χ1) is 18.5. The van der Waals surface area contributed by atoms with Gasteiger partial charge in [-0.25, -0.2) is 4.79 Å². The fourth-order valence-corrected chi connectivity index (χ4v) is 4.16. The van der Waals surface area contributed by atoms with Crippen molar-refractivity contribution in [3.8, 4) is 17.2 Å². The largest absolute Gasteiger partial charge is 0.507 e. The number of anilines is 3. The van der Waals surface area contributed by atoms with Crippen molar-refractivity contribution in [3.63, 3.8) is 0 Å². The van der Waals surface area contributed by atoms with E-state index < -0.39 is 12.2 Å². The van der Waals surface area contributed by atoms with Gasteiger partial charge in [-0.15, -0.1) is 0 Å². The Bertz CT molecular complexity index is 1530. The number of carbonyl (C=O) groups is 2. The molecule has 0 aliphatic carbocycles. The van der Waals surface area contributed by atoms with Crippen LogP contribution in [0, 0.1) is 0 Å². The number of fused-ring (bicyclic) bond motifs is 2. The number of nitrogens with two attached hydrogens (primary N) is 1. The highest BCUT2D eigenvalue weighted by atomic mass is 16.7. The number of ether oxygens (including phenoxy) is 3. The van der Waals surface area contributed by atoms with Gasteiger partial charge in [-0.1, -0.05) is 48.5 Å². The topological polar surface area (TPSA) is 132 Å². The number of para-hydroxylation sites is 2. The molecule has 38 heavy (non-hydrogen) atoms. The predicted octanol–water partition coefficient (Wildman–Crippen LogP) is 5.73. The molecule has 5 rings (SSSR count). The van der Waals surface area contributed by atoms with E-state index in [0.717, 1.165) is 5.39 Å². The van der Waals surface area contributed by atoms with Crippen LogP contribution in [0.2, 0.25) is 0 Å². The third-order valence-corrected chi connectivity index (χ3v) is 5.99. The summed E-state index contributed by atoms with van der Waals surface area (Å²) in [4.78, 5) is 25.4. The summed E-state index contributed by atoms with van der Waals surface area (Å²) in [7, 11) is 0. The highest BCUT2D eigenvalue weighted by Crippen LogP contribution is 2.36. The Kier molecular flexibility index (Phi) is 6.99. The number of carbonyl (C=O) groups excluding carboxylic acids is 2. The Balaban J connectivity index is 1.35. The Labute approximate surface area is 218 Å². The van der Waals surface area contributed by atoms with Crippen molar-refractivity contribution >= 4 is 39.8 Å². The van der Waals surface area contributed by atoms with Gasteiger partial charge in [0.2, 0.25) is 12.7 Å². The highest BCUT2D eigenvalue weighted by Gasteiger charge is 2.21. The third-order valence-electron chi connectivity index (χ3n) is 5.99. The van der Waals surface area contributed by atoms with Crippen LogP contribution in [0.25, 0.3) is 10.8 Å². The van der Waals surface area contributed by atoms with Crippen LogP contribution >= 0.6 is 0 Å². The van der Waals surface area contributed by atoms with E-state index in [0.29, 0.717) is 39.5 Å². The maximum atomic E-state index is 12.9. The Hall–Kier alpha value is -5.18. The molecule has 0 fully saturated rings. The van der Waals surface area contributed by atoms with Crippen molar-refractivity contribution in [1.29, 1.82) is 0 Å². The molecule has 0 saturated carbocycles. The molecule has 1 heterocycles. The molecule has 9 heteroatoms. The van der Waals surface area contributed by atoms with Gasteiger partial charge in [0.05, 0.1) is 11.4 Å². The van der Waals surface area contributed by atoms with E-state index in [-0.39, 0.29) is 24.9 Å². The summed E-state index contributed by atoms with van der Waals surface area (Å²) in [6.45, 7) is 0.121. The summed E-state index contributed by atoms with van der Waals surface area (Å²) in [6.07, 6.45) is 1.72. The number of hydrogen-bond acceptors (Lipinski definition) is 7. The van der Waals surface area contributed by atoms with Crippen LogP contribution in [-0.2, 0) is 9.53 Å². The number of benzene rings is 4. The fraction of sp³-hybridized carbons (Fsp3) is 0.103. The van der Waals surface area contributed by atoms with E-state index in [1.807, 2.05) is 18.2 Å². The highest BCUT2D eigenvalue weighted by molar-refractivity contribution is 6.01. The van der Waals surface area contributed by atoms with Gasteiger partial charge in [0.25, 0.3) is 0 Å². The zero-order chi connectivity index (χ0) is 26.5. The molecule has 0 spiro atoms. The van der Waals surface area contributed by atoms with Gasteiger partial charge in [-0.3, -0.25) is 10.1 Å². The zero-order valence-corrected chi connectivity index (χ0v) is 20.2. The maximum absolute atomic E-state index is 12.9. The number of aromatic hydroxyl groups is 1. The van der Waals surface area contributed by atoms with Crippen LogP contribution < -0.4 is 25.8 Å². The van der Waals surface area contributed by atoms with Crippen molar-refractivity contribution in [2.75, 3.05) is 23.2 Å². The number of nitrogens with one attached hydrogen (secondary N) is 2. The summed E-state index contributed by atoms with van der Waals surface area (Å²) < 4.78 is 16.5. The van der Waals surface area contributed by atoms with Gasteiger partial charge in [-0.05, 0) is 41.8 Å². The van der Waals surface area contributed by atoms with E-state index >= 15 is 0 Å². The number of rotatable bonds is 7. The summed E-state index contributed by atoms with van der Waals surface area (Å²) in [6, 6.07) is 22.5. The maximum Gasteiger partial charge on any atom is 0.412 e. The molecular weight excluding hydrogens is 486 g/mol. The lowest BCUT2D eigenvalue weighted by molar-refractivity contribution is -0.111. The lowest BCUT2D eigenvalue weighted by Gasteiger charge is -2.20. The fourth-order valence-electron chi connectivity index (χ4n) is 4.16. The van der Waals surface area contributed by atoms with Gasteiger partial charge in [-0.2, -0.15) is 0 Å². The van der Waals surface area contributed by atoms with E-state index in [2.05, 4.69) is 10.6 Å². The molecule has 0 aromatic heterocycles. The van der Waals surface area contributed by atoms with E-state index in [1.54, 1.807) is 66.7 Å². The van der Waals surface area contributed by atoms with Crippen molar-refractivity contribution < 1.29 is 28.9 Å². The summed E-state index contributed by atoms with van der Waals surface area (Å²) >= 11 is 0. The lowest BCUT2D eigenvalue weighted by atomic mass is 9.97. The normalized spacial score (nSPS) is 12.8. The average Bonchev–Trinajstić information content (AvgIpc) is 3.38. The lowest BCUT2D eigenvalue weighted by Crippen LogP contribution is -2.18. The number of amides is 2. The first-order valence-electron chi connectivity index (χ1n) is 11.9. The second kappa shape index (κ2) is 10.8. The van der Waals surface area contributed by atoms with E-state index in [4.69, 9.17) is 19.9 Å². The smallest absolute Gasteiger partial charge is 0.412 e. The number of hydrogen-bond donors (Lipinski definition) is 4. The third kappa shape index (κ3) is 5.46. The second-order valence-corrected chi connectivity index (χ2v) is 8.52.